The van der Waals surface area contributed by atoms with Crippen molar-refractivity contribution >= 4 is 29.0 Å². The zero-order valence-electron chi connectivity index (χ0n) is 11.5. The molecule has 1 amide bonds. The number of carbonyl (C=O) groups is 1. The smallest absolute Gasteiger partial charge is 0.266 e. The molecule has 0 saturated carbocycles. The molecule has 0 unspecified atom stereocenters. The van der Waals surface area contributed by atoms with Crippen LogP contribution in [-0.4, -0.2) is 26.1 Å². The standard InChI is InChI=1S/C14H12N6OS/c21-13(11-3-1-6-22-11)17-12-9-7-20(8-10(9)18-19-12)14-15-4-2-5-16-14/h1-6H,7-8H2,(H2,17,18,19,21). The summed E-state index contributed by atoms with van der Waals surface area (Å²) in [4.78, 5) is 23.3. The maximum absolute atomic E-state index is 12.1. The number of H-pyrrole nitrogens is 1. The van der Waals surface area contributed by atoms with Gasteiger partial charge in [-0.2, -0.15) is 5.10 Å². The molecule has 0 aliphatic carbocycles. The number of nitrogens with zero attached hydrogens (tertiary/aromatic N) is 4. The molecule has 8 heteroatoms. The van der Waals surface area contributed by atoms with Crippen LogP contribution in [-0.2, 0) is 13.1 Å². The Hall–Kier alpha value is -2.74. The van der Waals surface area contributed by atoms with Gasteiger partial charge in [0.1, 0.15) is 0 Å². The van der Waals surface area contributed by atoms with E-state index < -0.39 is 0 Å². The van der Waals surface area contributed by atoms with Crippen molar-refractivity contribution in [3.05, 3.63) is 52.1 Å². The van der Waals surface area contributed by atoms with Crippen molar-refractivity contribution in [1.82, 2.24) is 20.2 Å². The lowest BCUT2D eigenvalue weighted by Gasteiger charge is -2.14. The number of thiophene rings is 1. The van der Waals surface area contributed by atoms with Crippen molar-refractivity contribution in [3.63, 3.8) is 0 Å². The van der Waals surface area contributed by atoms with Crippen LogP contribution in [0.15, 0.2) is 36.0 Å². The first-order valence-corrected chi connectivity index (χ1v) is 7.62. The summed E-state index contributed by atoms with van der Waals surface area (Å²) in [5.74, 6) is 1.10. The Morgan fingerprint density at radius 2 is 2.14 bits per heavy atom. The number of fused-ring (bicyclic) bond motifs is 1. The van der Waals surface area contributed by atoms with Gasteiger partial charge in [0, 0.05) is 18.0 Å². The molecular weight excluding hydrogens is 300 g/mol. The van der Waals surface area contributed by atoms with Crippen LogP contribution in [0, 0.1) is 0 Å². The summed E-state index contributed by atoms with van der Waals surface area (Å²) in [5, 5.41) is 11.9. The molecule has 4 heterocycles. The average Bonchev–Trinajstić information content (AvgIpc) is 3.26. The summed E-state index contributed by atoms with van der Waals surface area (Å²) < 4.78 is 0. The SMILES string of the molecule is O=C(Nc1n[nH]c2c1CN(c1ncccn1)C2)c1cccs1. The van der Waals surface area contributed by atoms with Gasteiger partial charge in [0.05, 0.1) is 23.7 Å². The van der Waals surface area contributed by atoms with Gasteiger partial charge in [-0.1, -0.05) is 6.07 Å². The van der Waals surface area contributed by atoms with E-state index in [-0.39, 0.29) is 5.91 Å². The third kappa shape index (κ3) is 2.23. The summed E-state index contributed by atoms with van der Waals surface area (Å²) in [6.07, 6.45) is 3.43. The molecule has 0 fully saturated rings. The highest BCUT2D eigenvalue weighted by atomic mass is 32.1. The second kappa shape index (κ2) is 5.23. The second-order valence-corrected chi connectivity index (χ2v) is 5.81. The summed E-state index contributed by atoms with van der Waals surface area (Å²) in [5.41, 5.74) is 1.96. The molecule has 0 saturated heterocycles. The molecule has 110 valence electrons. The molecule has 2 N–H and O–H groups in total. The molecule has 22 heavy (non-hydrogen) atoms. The van der Waals surface area contributed by atoms with Gasteiger partial charge in [0.2, 0.25) is 5.95 Å². The highest BCUT2D eigenvalue weighted by Gasteiger charge is 2.27. The molecule has 0 aromatic carbocycles. The van der Waals surface area contributed by atoms with Gasteiger partial charge in [-0.3, -0.25) is 9.89 Å². The molecule has 3 aromatic heterocycles. The normalized spacial score (nSPS) is 13.2. The van der Waals surface area contributed by atoms with Crippen LogP contribution in [0.25, 0.3) is 0 Å². The summed E-state index contributed by atoms with van der Waals surface area (Å²) in [7, 11) is 0. The molecule has 0 radical (unpaired) electrons. The molecule has 4 rings (SSSR count). The lowest BCUT2D eigenvalue weighted by Crippen LogP contribution is -2.19. The summed E-state index contributed by atoms with van der Waals surface area (Å²) >= 11 is 1.40. The second-order valence-electron chi connectivity index (χ2n) is 4.87. The maximum Gasteiger partial charge on any atom is 0.266 e. The van der Waals surface area contributed by atoms with E-state index in [0.717, 1.165) is 11.3 Å². The Bertz CT molecular complexity index is 798. The van der Waals surface area contributed by atoms with Crippen LogP contribution in [0.2, 0.25) is 0 Å². The number of anilines is 2. The lowest BCUT2D eigenvalue weighted by molar-refractivity contribution is 0.103. The summed E-state index contributed by atoms with van der Waals surface area (Å²) in [6, 6.07) is 5.42. The fraction of sp³-hybridized carbons (Fsp3) is 0.143. The van der Waals surface area contributed by atoms with Gasteiger partial charge < -0.3 is 10.2 Å². The minimum absolute atomic E-state index is 0.140. The Morgan fingerprint density at radius 1 is 1.27 bits per heavy atom. The van der Waals surface area contributed by atoms with E-state index in [1.165, 1.54) is 11.3 Å². The topological polar surface area (TPSA) is 86.8 Å². The Kier molecular flexibility index (Phi) is 3.08. The number of amides is 1. The van der Waals surface area contributed by atoms with E-state index in [4.69, 9.17) is 0 Å². The maximum atomic E-state index is 12.1. The number of aromatic nitrogens is 4. The molecule has 3 aromatic rings. The highest BCUT2D eigenvalue weighted by molar-refractivity contribution is 7.12. The van der Waals surface area contributed by atoms with E-state index >= 15 is 0 Å². The average molecular weight is 312 g/mol. The number of rotatable bonds is 3. The van der Waals surface area contributed by atoms with Crippen molar-refractivity contribution in [2.45, 2.75) is 13.1 Å². The fourth-order valence-electron chi connectivity index (χ4n) is 2.42. The minimum Gasteiger partial charge on any atom is -0.330 e. The van der Waals surface area contributed by atoms with Gasteiger partial charge >= 0.3 is 0 Å². The Balaban J connectivity index is 1.54. The van der Waals surface area contributed by atoms with Crippen molar-refractivity contribution in [2.75, 3.05) is 10.2 Å². The number of hydrogen-bond donors (Lipinski definition) is 2. The van der Waals surface area contributed by atoms with Crippen LogP contribution < -0.4 is 10.2 Å². The van der Waals surface area contributed by atoms with Gasteiger partial charge in [0.25, 0.3) is 5.91 Å². The van der Waals surface area contributed by atoms with Crippen molar-refractivity contribution in [3.8, 4) is 0 Å². The predicted octanol–water partition coefficient (Wildman–Crippen LogP) is 2.03. The van der Waals surface area contributed by atoms with Crippen LogP contribution in [0.3, 0.4) is 0 Å². The molecule has 0 atom stereocenters. The largest absolute Gasteiger partial charge is 0.330 e. The molecular formula is C14H12N6OS. The Labute approximate surface area is 130 Å². The van der Waals surface area contributed by atoms with E-state index in [1.54, 1.807) is 24.5 Å². The van der Waals surface area contributed by atoms with Crippen LogP contribution in [0.4, 0.5) is 11.8 Å². The zero-order valence-corrected chi connectivity index (χ0v) is 12.3. The first-order valence-electron chi connectivity index (χ1n) is 6.74. The first-order chi connectivity index (χ1) is 10.8. The van der Waals surface area contributed by atoms with Crippen molar-refractivity contribution < 1.29 is 4.79 Å². The van der Waals surface area contributed by atoms with E-state index in [9.17, 15) is 4.79 Å². The van der Waals surface area contributed by atoms with Crippen molar-refractivity contribution in [2.24, 2.45) is 0 Å². The number of nitrogens with one attached hydrogen (secondary N) is 2. The highest BCUT2D eigenvalue weighted by Crippen LogP contribution is 2.29. The number of carbonyl (C=O) groups excluding carboxylic acids is 1. The number of hydrogen-bond acceptors (Lipinski definition) is 6. The molecule has 0 bridgehead atoms. The lowest BCUT2D eigenvalue weighted by atomic mass is 10.3. The van der Waals surface area contributed by atoms with Crippen molar-refractivity contribution in [1.29, 1.82) is 0 Å². The van der Waals surface area contributed by atoms with E-state index in [1.807, 2.05) is 16.3 Å². The monoisotopic (exact) mass is 312 g/mol. The predicted molar refractivity (Wildman–Crippen MR) is 82.8 cm³/mol. The quantitative estimate of drug-likeness (QED) is 0.773. The minimum atomic E-state index is -0.140. The van der Waals surface area contributed by atoms with Gasteiger partial charge in [-0.05, 0) is 17.5 Å². The van der Waals surface area contributed by atoms with Gasteiger partial charge in [0.15, 0.2) is 5.82 Å². The molecule has 1 aliphatic heterocycles. The van der Waals surface area contributed by atoms with Crippen LogP contribution >= 0.6 is 11.3 Å². The molecule has 0 spiro atoms. The zero-order chi connectivity index (χ0) is 14.9. The van der Waals surface area contributed by atoms with Crippen LogP contribution in [0.5, 0.6) is 0 Å². The van der Waals surface area contributed by atoms with E-state index in [2.05, 4.69) is 25.5 Å². The third-order valence-electron chi connectivity index (χ3n) is 3.46. The third-order valence-corrected chi connectivity index (χ3v) is 4.33. The van der Waals surface area contributed by atoms with Crippen LogP contribution in [0.1, 0.15) is 20.9 Å². The van der Waals surface area contributed by atoms with Gasteiger partial charge in [-0.25, -0.2) is 9.97 Å². The summed E-state index contributed by atoms with van der Waals surface area (Å²) in [6.45, 7) is 1.27. The Morgan fingerprint density at radius 3 is 2.91 bits per heavy atom. The number of aromatic amines is 1. The van der Waals surface area contributed by atoms with Gasteiger partial charge in [-0.15, -0.1) is 11.3 Å². The van der Waals surface area contributed by atoms with E-state index in [0.29, 0.717) is 29.7 Å². The fourth-order valence-corrected chi connectivity index (χ4v) is 3.04. The molecule has 1 aliphatic rings. The first kappa shape index (κ1) is 13.0. The molecule has 7 nitrogen and oxygen atoms in total.